The monoisotopic (exact) mass is 375 g/mol. The van der Waals surface area contributed by atoms with Crippen LogP contribution in [0.5, 0.6) is 0 Å². The summed E-state index contributed by atoms with van der Waals surface area (Å²) in [4.78, 5) is 27.2. The highest BCUT2D eigenvalue weighted by atomic mass is 16.3. The molecule has 1 saturated carbocycles. The Morgan fingerprint density at radius 1 is 1.25 bits per heavy atom. The van der Waals surface area contributed by atoms with E-state index < -0.39 is 0 Å². The molecule has 6 rings (SSSR count). The van der Waals surface area contributed by atoms with Gasteiger partial charge in [0.1, 0.15) is 16.9 Å². The Morgan fingerprint density at radius 2 is 2.14 bits per heavy atom. The lowest BCUT2D eigenvalue weighted by atomic mass is 10.2. The van der Waals surface area contributed by atoms with Crippen molar-refractivity contribution < 1.29 is 9.21 Å². The number of H-pyrrole nitrogens is 1. The van der Waals surface area contributed by atoms with Crippen LogP contribution in [0.25, 0.3) is 33.7 Å². The molecule has 1 amide bonds. The number of carbonyl (C=O) groups is 1. The van der Waals surface area contributed by atoms with Crippen molar-refractivity contribution in [3.63, 3.8) is 0 Å². The van der Waals surface area contributed by atoms with E-state index in [4.69, 9.17) is 9.40 Å². The molecule has 4 aromatic heterocycles. The second-order valence-corrected chi connectivity index (χ2v) is 7.95. The highest BCUT2D eigenvalue weighted by molar-refractivity contribution is 6.02. The van der Waals surface area contributed by atoms with Crippen LogP contribution in [0.15, 0.2) is 35.0 Å². The van der Waals surface area contributed by atoms with Crippen molar-refractivity contribution in [3.8, 4) is 11.6 Å². The van der Waals surface area contributed by atoms with Gasteiger partial charge in [0.25, 0.3) is 0 Å². The van der Waals surface area contributed by atoms with Crippen LogP contribution in [0.4, 0.5) is 0 Å². The number of rotatable bonds is 3. The third-order valence-electron chi connectivity index (χ3n) is 5.96. The number of aromatic amines is 1. The third kappa shape index (κ3) is 2.32. The molecule has 7 nitrogen and oxygen atoms in total. The predicted molar refractivity (Wildman–Crippen MR) is 105 cm³/mol. The fourth-order valence-electron chi connectivity index (χ4n) is 4.42. The smallest absolute Gasteiger partial charge is 0.225 e. The molecule has 0 radical (unpaired) electrons. The molecule has 5 heterocycles. The van der Waals surface area contributed by atoms with Crippen LogP contribution in [-0.4, -0.2) is 43.4 Å². The molecule has 1 N–H and O–H groups in total. The number of carbonyl (C=O) groups excluding carboxylic acids is 1. The van der Waals surface area contributed by atoms with Crippen molar-refractivity contribution in [1.29, 1.82) is 0 Å². The van der Waals surface area contributed by atoms with Crippen LogP contribution in [0.1, 0.15) is 31.1 Å². The van der Waals surface area contributed by atoms with E-state index in [1.165, 1.54) is 0 Å². The van der Waals surface area contributed by atoms with Crippen LogP contribution >= 0.6 is 0 Å². The van der Waals surface area contributed by atoms with Gasteiger partial charge < -0.3 is 18.9 Å². The average Bonchev–Trinajstić information content (AvgIpc) is 3.10. The number of nitrogens with one attached hydrogen (secondary N) is 1. The fourth-order valence-corrected chi connectivity index (χ4v) is 4.42. The first-order valence-corrected chi connectivity index (χ1v) is 9.88. The topological polar surface area (TPSA) is 80.0 Å². The van der Waals surface area contributed by atoms with Crippen LogP contribution in [-0.2, 0) is 4.79 Å². The number of fused-ring (bicyclic) bond motifs is 3. The molecule has 4 aromatic rings. The first-order valence-electron chi connectivity index (χ1n) is 9.88. The summed E-state index contributed by atoms with van der Waals surface area (Å²) in [6.45, 7) is 3.47. The van der Waals surface area contributed by atoms with E-state index >= 15 is 0 Å². The van der Waals surface area contributed by atoms with Gasteiger partial charge in [-0.1, -0.05) is 0 Å². The maximum Gasteiger partial charge on any atom is 0.225 e. The molecule has 28 heavy (non-hydrogen) atoms. The lowest BCUT2D eigenvalue weighted by Crippen LogP contribution is -2.30. The zero-order chi connectivity index (χ0) is 18.8. The van der Waals surface area contributed by atoms with E-state index in [0.717, 1.165) is 71.8 Å². The molecule has 1 aliphatic carbocycles. The lowest BCUT2D eigenvalue weighted by molar-refractivity contribution is -0.131. The average molecular weight is 375 g/mol. The molecule has 0 spiro atoms. The van der Waals surface area contributed by atoms with Crippen LogP contribution in [0.3, 0.4) is 0 Å². The molecule has 2 fully saturated rings. The summed E-state index contributed by atoms with van der Waals surface area (Å²) >= 11 is 0. The number of hydrogen-bond donors (Lipinski definition) is 1. The molecule has 0 bridgehead atoms. The van der Waals surface area contributed by atoms with Crippen LogP contribution < -0.4 is 0 Å². The van der Waals surface area contributed by atoms with Gasteiger partial charge in [-0.3, -0.25) is 4.79 Å². The van der Waals surface area contributed by atoms with Gasteiger partial charge in [-0.2, -0.15) is 0 Å². The number of aromatic nitrogens is 4. The van der Waals surface area contributed by atoms with Gasteiger partial charge in [0.2, 0.25) is 5.91 Å². The number of hydrogen-bond acceptors (Lipinski definition) is 4. The normalized spacial score (nSPS) is 19.9. The molecule has 2 aliphatic rings. The van der Waals surface area contributed by atoms with Gasteiger partial charge in [-0.25, -0.2) is 9.97 Å². The number of nitrogens with zero attached hydrogens (tertiary/aromatic N) is 4. The molecule has 1 aliphatic heterocycles. The molecular formula is C21H21N5O2. The number of furan rings is 1. The van der Waals surface area contributed by atoms with Crippen molar-refractivity contribution in [3.05, 3.63) is 36.4 Å². The minimum atomic E-state index is 0.175. The van der Waals surface area contributed by atoms with Crippen LogP contribution in [0, 0.1) is 12.8 Å². The highest BCUT2D eigenvalue weighted by Gasteiger charge is 2.38. The summed E-state index contributed by atoms with van der Waals surface area (Å²) < 4.78 is 8.19. The van der Waals surface area contributed by atoms with E-state index in [1.54, 1.807) is 0 Å². The number of aryl methyl sites for hydroxylation is 1. The number of amides is 1. The zero-order valence-corrected chi connectivity index (χ0v) is 15.7. The SMILES string of the molecule is Cc1ccc(-c2nc3cnc4[nH]ccc4c3n2C2CCN(C(=O)C3CC3)C2)o1. The first-order chi connectivity index (χ1) is 13.7. The molecule has 1 saturated heterocycles. The second-order valence-electron chi connectivity index (χ2n) is 7.95. The van der Waals surface area contributed by atoms with E-state index in [-0.39, 0.29) is 12.0 Å². The van der Waals surface area contributed by atoms with Gasteiger partial charge in [0.15, 0.2) is 11.6 Å². The Balaban J connectivity index is 1.52. The van der Waals surface area contributed by atoms with Gasteiger partial charge in [0, 0.05) is 30.6 Å². The zero-order valence-electron chi connectivity index (χ0n) is 15.7. The Morgan fingerprint density at radius 3 is 2.93 bits per heavy atom. The molecular weight excluding hydrogens is 354 g/mol. The summed E-state index contributed by atoms with van der Waals surface area (Å²) in [6, 6.07) is 6.15. The number of pyridine rings is 1. The summed E-state index contributed by atoms with van der Waals surface area (Å²) in [5, 5.41) is 1.05. The maximum atomic E-state index is 12.6. The Bertz CT molecular complexity index is 1210. The summed E-state index contributed by atoms with van der Waals surface area (Å²) in [7, 11) is 0. The first kappa shape index (κ1) is 15.9. The molecule has 0 aromatic carbocycles. The quantitative estimate of drug-likeness (QED) is 0.593. The summed E-state index contributed by atoms with van der Waals surface area (Å²) in [6.07, 6.45) is 6.72. The van der Waals surface area contributed by atoms with E-state index in [9.17, 15) is 4.79 Å². The van der Waals surface area contributed by atoms with E-state index in [0.29, 0.717) is 5.91 Å². The summed E-state index contributed by atoms with van der Waals surface area (Å²) in [5.74, 6) is 2.99. The number of likely N-dealkylation sites (tertiary alicyclic amines) is 1. The van der Waals surface area contributed by atoms with Gasteiger partial charge >= 0.3 is 0 Å². The minimum absolute atomic E-state index is 0.175. The predicted octanol–water partition coefficient (Wildman–Crippen LogP) is 3.66. The second kappa shape index (κ2) is 5.70. The van der Waals surface area contributed by atoms with Crippen LogP contribution in [0.2, 0.25) is 0 Å². The molecule has 7 heteroatoms. The van der Waals surface area contributed by atoms with Crippen molar-refractivity contribution in [1.82, 2.24) is 24.4 Å². The highest BCUT2D eigenvalue weighted by Crippen LogP contribution is 2.38. The summed E-state index contributed by atoms with van der Waals surface area (Å²) in [5.41, 5.74) is 2.75. The van der Waals surface area contributed by atoms with Crippen molar-refractivity contribution >= 4 is 28.0 Å². The standard InChI is InChI=1S/C21H21N5O2/c1-12-2-5-17(28-12)20-24-16-10-23-19-15(6-8-22-19)18(16)26(20)14-7-9-25(11-14)21(27)13-3-4-13/h2,5-6,8,10,13-14H,3-4,7,9,11H2,1H3,(H,22,23). The maximum absolute atomic E-state index is 12.6. The Hall–Kier alpha value is -3.09. The number of imidazole rings is 1. The molecule has 1 atom stereocenters. The minimum Gasteiger partial charge on any atom is -0.458 e. The van der Waals surface area contributed by atoms with Crippen molar-refractivity contribution in [2.75, 3.05) is 13.1 Å². The van der Waals surface area contributed by atoms with Gasteiger partial charge in [-0.05, 0) is 44.4 Å². The van der Waals surface area contributed by atoms with Gasteiger partial charge in [-0.15, -0.1) is 0 Å². The fraction of sp³-hybridized carbons (Fsp3) is 0.381. The van der Waals surface area contributed by atoms with E-state index in [1.807, 2.05) is 42.4 Å². The van der Waals surface area contributed by atoms with Crippen molar-refractivity contribution in [2.45, 2.75) is 32.2 Å². The van der Waals surface area contributed by atoms with Gasteiger partial charge in [0.05, 0.1) is 17.8 Å². The van der Waals surface area contributed by atoms with E-state index in [2.05, 4.69) is 14.5 Å². The molecule has 1 unspecified atom stereocenters. The third-order valence-corrected chi connectivity index (χ3v) is 5.96. The largest absolute Gasteiger partial charge is 0.458 e. The lowest BCUT2D eigenvalue weighted by Gasteiger charge is -2.19. The Labute approximate surface area is 161 Å². The van der Waals surface area contributed by atoms with Crippen molar-refractivity contribution in [2.24, 2.45) is 5.92 Å². The Kier molecular flexibility index (Phi) is 3.24. The molecule has 142 valence electrons.